The second-order valence-corrected chi connectivity index (χ2v) is 5.46. The molecular formula is C14H18FNO5. The minimum atomic E-state index is -1.93. The van der Waals surface area contributed by atoms with Crippen molar-refractivity contribution in [1.82, 2.24) is 5.32 Å². The molecule has 0 aromatic heterocycles. The fourth-order valence-electron chi connectivity index (χ4n) is 1.62. The first-order chi connectivity index (χ1) is 9.60. The van der Waals surface area contributed by atoms with E-state index in [0.29, 0.717) is 0 Å². The third kappa shape index (κ3) is 5.39. The molecule has 1 aromatic rings. The first-order valence-electron chi connectivity index (χ1n) is 6.26. The zero-order valence-electron chi connectivity index (χ0n) is 12.0. The third-order valence-electron chi connectivity index (χ3n) is 2.45. The zero-order chi connectivity index (χ0) is 16.2. The van der Waals surface area contributed by atoms with Gasteiger partial charge < -0.3 is 20.3 Å². The maximum Gasteiger partial charge on any atom is 0.408 e. The van der Waals surface area contributed by atoms with Crippen LogP contribution in [0, 0.1) is 5.82 Å². The summed E-state index contributed by atoms with van der Waals surface area (Å²) >= 11 is 0. The summed E-state index contributed by atoms with van der Waals surface area (Å²) in [6, 6.07) is 3.63. The Morgan fingerprint density at radius 2 is 1.95 bits per heavy atom. The lowest BCUT2D eigenvalue weighted by molar-refractivity contribution is -0.148. The number of ether oxygens (including phenoxy) is 1. The van der Waals surface area contributed by atoms with Gasteiger partial charge in [-0.15, -0.1) is 0 Å². The van der Waals surface area contributed by atoms with Crippen molar-refractivity contribution in [2.75, 3.05) is 0 Å². The van der Waals surface area contributed by atoms with Gasteiger partial charge in [0.05, 0.1) is 6.04 Å². The number of amides is 1. The van der Waals surface area contributed by atoms with Crippen LogP contribution in [0.1, 0.15) is 32.4 Å². The van der Waals surface area contributed by atoms with Crippen LogP contribution in [-0.2, 0) is 9.53 Å². The molecule has 3 N–H and O–H groups in total. The SMILES string of the molecule is CC(C)(C)OC(=O)N[C@H](c1cccc(F)c1)[C@@H](O)C(=O)O. The van der Waals surface area contributed by atoms with Crippen molar-refractivity contribution in [1.29, 1.82) is 0 Å². The lowest BCUT2D eigenvalue weighted by atomic mass is 10.0. The molecule has 116 valence electrons. The maximum atomic E-state index is 13.2. The van der Waals surface area contributed by atoms with Gasteiger partial charge in [-0.2, -0.15) is 0 Å². The van der Waals surface area contributed by atoms with Crippen LogP contribution in [0.3, 0.4) is 0 Å². The maximum absolute atomic E-state index is 13.2. The molecule has 21 heavy (non-hydrogen) atoms. The molecule has 0 saturated carbocycles. The highest BCUT2D eigenvalue weighted by Gasteiger charge is 2.30. The summed E-state index contributed by atoms with van der Waals surface area (Å²) in [7, 11) is 0. The van der Waals surface area contributed by atoms with E-state index in [4.69, 9.17) is 9.84 Å². The van der Waals surface area contributed by atoms with E-state index < -0.39 is 35.6 Å². The molecule has 0 spiro atoms. The summed E-state index contributed by atoms with van der Waals surface area (Å²) < 4.78 is 18.2. The van der Waals surface area contributed by atoms with Gasteiger partial charge in [-0.25, -0.2) is 14.0 Å². The molecule has 1 aromatic carbocycles. The number of rotatable bonds is 4. The molecule has 0 fully saturated rings. The van der Waals surface area contributed by atoms with E-state index in [1.54, 1.807) is 20.8 Å². The summed E-state index contributed by atoms with van der Waals surface area (Å²) in [5.41, 5.74) is -0.666. The first kappa shape index (κ1) is 16.9. The molecule has 0 unspecified atom stereocenters. The average molecular weight is 299 g/mol. The second-order valence-electron chi connectivity index (χ2n) is 5.46. The zero-order valence-corrected chi connectivity index (χ0v) is 12.0. The Balaban J connectivity index is 2.99. The van der Waals surface area contributed by atoms with Gasteiger partial charge in [0, 0.05) is 0 Å². The fourth-order valence-corrected chi connectivity index (χ4v) is 1.62. The normalized spacial score (nSPS) is 14.1. The number of carbonyl (C=O) groups excluding carboxylic acids is 1. The van der Waals surface area contributed by atoms with Crippen molar-refractivity contribution in [3.8, 4) is 0 Å². The van der Waals surface area contributed by atoms with Gasteiger partial charge in [-0.05, 0) is 38.5 Å². The van der Waals surface area contributed by atoms with Gasteiger partial charge in [0.25, 0.3) is 0 Å². The van der Waals surface area contributed by atoms with E-state index in [9.17, 15) is 19.1 Å². The molecule has 0 saturated heterocycles. The van der Waals surface area contributed by atoms with Crippen LogP contribution in [0.5, 0.6) is 0 Å². The number of hydrogen-bond donors (Lipinski definition) is 3. The monoisotopic (exact) mass is 299 g/mol. The van der Waals surface area contributed by atoms with Gasteiger partial charge in [0.1, 0.15) is 11.4 Å². The van der Waals surface area contributed by atoms with E-state index in [-0.39, 0.29) is 5.56 Å². The van der Waals surface area contributed by atoms with Crippen molar-refractivity contribution in [2.24, 2.45) is 0 Å². The molecule has 0 radical (unpaired) electrons. The number of carboxylic acids is 1. The van der Waals surface area contributed by atoms with Gasteiger partial charge in [0.15, 0.2) is 6.10 Å². The minimum Gasteiger partial charge on any atom is -0.479 e. The Morgan fingerprint density at radius 3 is 2.43 bits per heavy atom. The average Bonchev–Trinajstić information content (AvgIpc) is 2.32. The summed E-state index contributed by atoms with van der Waals surface area (Å²) in [5, 5.41) is 20.8. The van der Waals surface area contributed by atoms with Gasteiger partial charge in [0.2, 0.25) is 0 Å². The number of carboxylic acid groups (broad SMARTS) is 1. The number of carbonyl (C=O) groups is 2. The van der Waals surface area contributed by atoms with Crippen molar-refractivity contribution < 1.29 is 28.9 Å². The number of aliphatic carboxylic acids is 1. The van der Waals surface area contributed by atoms with E-state index in [1.165, 1.54) is 18.2 Å². The van der Waals surface area contributed by atoms with Gasteiger partial charge in [-0.1, -0.05) is 12.1 Å². The number of hydrogen-bond acceptors (Lipinski definition) is 4. The predicted octanol–water partition coefficient (Wildman–Crippen LogP) is 1.84. The molecule has 2 atom stereocenters. The number of benzene rings is 1. The lowest BCUT2D eigenvalue weighted by Crippen LogP contribution is -2.42. The van der Waals surface area contributed by atoms with Gasteiger partial charge in [-0.3, -0.25) is 0 Å². The van der Waals surface area contributed by atoms with Crippen molar-refractivity contribution >= 4 is 12.1 Å². The number of aliphatic hydroxyl groups excluding tert-OH is 1. The van der Waals surface area contributed by atoms with E-state index in [2.05, 4.69) is 5.32 Å². The van der Waals surface area contributed by atoms with Crippen LogP contribution in [0.25, 0.3) is 0 Å². The van der Waals surface area contributed by atoms with Crippen LogP contribution in [0.2, 0.25) is 0 Å². The largest absolute Gasteiger partial charge is 0.479 e. The molecule has 7 heteroatoms. The lowest BCUT2D eigenvalue weighted by Gasteiger charge is -2.25. The highest BCUT2D eigenvalue weighted by atomic mass is 19.1. The topological polar surface area (TPSA) is 95.9 Å². The summed E-state index contributed by atoms with van der Waals surface area (Å²) in [5.74, 6) is -2.15. The highest BCUT2D eigenvalue weighted by Crippen LogP contribution is 2.19. The molecule has 0 aliphatic carbocycles. The molecule has 1 rings (SSSR count). The van der Waals surface area contributed by atoms with E-state index in [1.807, 2.05) is 0 Å². The Bertz CT molecular complexity index is 526. The van der Waals surface area contributed by atoms with Crippen molar-refractivity contribution in [2.45, 2.75) is 38.5 Å². The van der Waals surface area contributed by atoms with Gasteiger partial charge >= 0.3 is 12.1 Å². The molecule has 6 nitrogen and oxygen atoms in total. The molecule has 1 amide bonds. The molecular weight excluding hydrogens is 281 g/mol. The van der Waals surface area contributed by atoms with Crippen LogP contribution in [-0.4, -0.2) is 34.0 Å². The summed E-state index contributed by atoms with van der Waals surface area (Å²) in [6.45, 7) is 4.91. The van der Waals surface area contributed by atoms with Crippen molar-refractivity contribution in [3.63, 3.8) is 0 Å². The molecule has 0 aliphatic heterocycles. The predicted molar refractivity (Wildman–Crippen MR) is 72.2 cm³/mol. The standard InChI is InChI=1S/C14H18FNO5/c1-14(2,3)21-13(20)16-10(11(17)12(18)19)8-5-4-6-9(15)7-8/h4-7,10-11,17H,1-3H3,(H,16,20)(H,18,19)/t10-,11-/m1/s1. The Morgan fingerprint density at radius 1 is 1.33 bits per heavy atom. The number of halogens is 1. The molecule has 0 heterocycles. The number of alkyl carbamates (subject to hydrolysis) is 1. The number of nitrogens with one attached hydrogen (secondary N) is 1. The Labute approximate surface area is 121 Å². The van der Waals surface area contributed by atoms with E-state index in [0.717, 1.165) is 6.07 Å². The smallest absolute Gasteiger partial charge is 0.408 e. The third-order valence-corrected chi connectivity index (χ3v) is 2.45. The molecule has 0 aliphatic rings. The minimum absolute atomic E-state index is 0.121. The van der Waals surface area contributed by atoms with Crippen LogP contribution in [0.15, 0.2) is 24.3 Å². The fraction of sp³-hybridized carbons (Fsp3) is 0.429. The summed E-state index contributed by atoms with van der Waals surface area (Å²) in [4.78, 5) is 22.7. The quantitative estimate of drug-likeness (QED) is 0.788. The second kappa shape index (κ2) is 6.53. The summed E-state index contributed by atoms with van der Waals surface area (Å²) in [6.07, 6.45) is -2.84. The molecule has 0 bridgehead atoms. The van der Waals surface area contributed by atoms with Crippen LogP contribution in [0.4, 0.5) is 9.18 Å². The van der Waals surface area contributed by atoms with Crippen LogP contribution < -0.4 is 5.32 Å². The van der Waals surface area contributed by atoms with Crippen LogP contribution >= 0.6 is 0 Å². The number of aliphatic hydroxyl groups is 1. The highest BCUT2D eigenvalue weighted by molar-refractivity contribution is 5.75. The van der Waals surface area contributed by atoms with Crippen molar-refractivity contribution in [3.05, 3.63) is 35.6 Å². The van der Waals surface area contributed by atoms with E-state index >= 15 is 0 Å². The Hall–Kier alpha value is -2.15. The Kier molecular flexibility index (Phi) is 5.26. The first-order valence-corrected chi connectivity index (χ1v) is 6.26.